The number of aromatic nitrogens is 1. The highest BCUT2D eigenvalue weighted by atomic mass is 32.2. The molecule has 4 rings (SSSR count). The number of aryl methyl sites for hydroxylation is 2. The van der Waals surface area contributed by atoms with Gasteiger partial charge in [0.15, 0.2) is 0 Å². The van der Waals surface area contributed by atoms with Crippen LogP contribution in [0.5, 0.6) is 0 Å². The molecule has 8 nitrogen and oxygen atoms in total. The number of amides is 2. The maximum Gasteiger partial charge on any atom is 0.265 e. The van der Waals surface area contributed by atoms with Crippen LogP contribution in [0.3, 0.4) is 0 Å². The molecule has 9 heteroatoms. The van der Waals surface area contributed by atoms with Crippen LogP contribution < -0.4 is 11.1 Å². The summed E-state index contributed by atoms with van der Waals surface area (Å²) in [5, 5.41) is 3.23. The molecule has 0 radical (unpaired) electrons. The second kappa shape index (κ2) is 8.71. The summed E-state index contributed by atoms with van der Waals surface area (Å²) in [6, 6.07) is 9.60. The van der Waals surface area contributed by atoms with Crippen LogP contribution >= 0.6 is 0 Å². The first-order chi connectivity index (χ1) is 15.2. The van der Waals surface area contributed by atoms with Crippen LogP contribution in [0.2, 0.25) is 0 Å². The third kappa shape index (κ3) is 4.59. The third-order valence-corrected chi connectivity index (χ3v) is 8.39. The van der Waals surface area contributed by atoms with Gasteiger partial charge in [-0.1, -0.05) is 29.8 Å². The van der Waals surface area contributed by atoms with E-state index in [4.69, 9.17) is 5.73 Å². The molecule has 1 atom stereocenters. The number of nitrogens with one attached hydrogen (secondary N) is 1. The van der Waals surface area contributed by atoms with Crippen molar-refractivity contribution in [1.82, 2.24) is 14.2 Å². The summed E-state index contributed by atoms with van der Waals surface area (Å²) >= 11 is 0. The monoisotopic (exact) mass is 458 g/mol. The van der Waals surface area contributed by atoms with Crippen molar-refractivity contribution in [3.8, 4) is 0 Å². The topological polar surface area (TPSA) is 114 Å². The molecular formula is C23H30N4O4S. The quantitative estimate of drug-likeness (QED) is 0.661. The lowest BCUT2D eigenvalue weighted by Crippen LogP contribution is -2.43. The van der Waals surface area contributed by atoms with Crippen molar-refractivity contribution < 1.29 is 18.0 Å². The number of hydrogen-bond acceptors (Lipinski definition) is 4. The van der Waals surface area contributed by atoms with Crippen LogP contribution in [0.15, 0.2) is 41.4 Å². The number of piperidine rings is 1. The van der Waals surface area contributed by atoms with Crippen LogP contribution in [0, 0.1) is 18.8 Å². The predicted octanol–water partition coefficient (Wildman–Crippen LogP) is 2.10. The average Bonchev–Trinajstić information content (AvgIpc) is 3.52. The number of benzene rings is 1. The molecule has 1 saturated heterocycles. The minimum atomic E-state index is -3.75. The molecule has 2 aliphatic rings. The van der Waals surface area contributed by atoms with E-state index in [0.717, 1.165) is 18.4 Å². The normalized spacial score (nSPS) is 18.9. The Bertz CT molecular complexity index is 1110. The fraction of sp³-hybridized carbons (Fsp3) is 0.478. The van der Waals surface area contributed by atoms with Crippen molar-refractivity contribution in [2.45, 2.75) is 43.5 Å². The molecule has 32 heavy (non-hydrogen) atoms. The third-order valence-electron chi connectivity index (χ3n) is 6.52. The Balaban J connectivity index is 1.39. The fourth-order valence-corrected chi connectivity index (χ4v) is 5.92. The number of nitrogens with zero attached hydrogens (tertiary/aromatic N) is 2. The number of carbonyl (C=O) groups excluding carboxylic acids is 2. The first-order valence-corrected chi connectivity index (χ1v) is 12.4. The van der Waals surface area contributed by atoms with E-state index in [2.05, 4.69) is 29.6 Å². The molecule has 0 bridgehead atoms. The van der Waals surface area contributed by atoms with Gasteiger partial charge in [-0.05, 0) is 50.2 Å². The summed E-state index contributed by atoms with van der Waals surface area (Å²) in [6.07, 6.45) is 4.55. The summed E-state index contributed by atoms with van der Waals surface area (Å²) < 4.78 is 28.8. The molecule has 2 amide bonds. The van der Waals surface area contributed by atoms with Gasteiger partial charge < -0.3 is 15.6 Å². The van der Waals surface area contributed by atoms with E-state index in [0.29, 0.717) is 18.8 Å². The maximum atomic E-state index is 13.0. The second-order valence-electron chi connectivity index (χ2n) is 8.95. The molecule has 1 aromatic carbocycles. The number of nitrogens with two attached hydrogens (primary N) is 1. The fourth-order valence-electron chi connectivity index (χ4n) is 4.38. The Morgan fingerprint density at radius 3 is 2.25 bits per heavy atom. The molecule has 0 spiro atoms. The number of sulfonamides is 1. The molecule has 2 fully saturated rings. The Kier molecular flexibility index (Phi) is 6.13. The first-order valence-electron chi connectivity index (χ1n) is 11.0. The zero-order valence-corrected chi connectivity index (χ0v) is 19.3. The Morgan fingerprint density at radius 1 is 1.09 bits per heavy atom. The van der Waals surface area contributed by atoms with E-state index in [1.807, 2.05) is 6.92 Å². The number of rotatable bonds is 7. The van der Waals surface area contributed by atoms with E-state index < -0.39 is 15.9 Å². The Labute approximate surface area is 188 Å². The van der Waals surface area contributed by atoms with Gasteiger partial charge in [-0.15, -0.1) is 0 Å². The molecule has 172 valence electrons. The van der Waals surface area contributed by atoms with Crippen molar-refractivity contribution in [1.29, 1.82) is 0 Å². The zero-order valence-electron chi connectivity index (χ0n) is 18.5. The van der Waals surface area contributed by atoms with E-state index in [1.54, 1.807) is 7.05 Å². The van der Waals surface area contributed by atoms with Crippen molar-refractivity contribution in [2.75, 3.05) is 13.1 Å². The van der Waals surface area contributed by atoms with Gasteiger partial charge >= 0.3 is 0 Å². The van der Waals surface area contributed by atoms with Gasteiger partial charge in [0.2, 0.25) is 15.9 Å². The summed E-state index contributed by atoms with van der Waals surface area (Å²) in [7, 11) is -2.16. The molecule has 1 saturated carbocycles. The van der Waals surface area contributed by atoms with E-state index in [-0.39, 0.29) is 41.5 Å². The van der Waals surface area contributed by atoms with Gasteiger partial charge in [0.05, 0.1) is 6.04 Å². The van der Waals surface area contributed by atoms with Gasteiger partial charge in [0.25, 0.3) is 5.91 Å². The number of hydrogen-bond donors (Lipinski definition) is 2. The first kappa shape index (κ1) is 22.5. The van der Waals surface area contributed by atoms with Crippen molar-refractivity contribution in [3.63, 3.8) is 0 Å². The molecule has 1 aliphatic carbocycles. The van der Waals surface area contributed by atoms with E-state index >= 15 is 0 Å². The zero-order chi connectivity index (χ0) is 23.0. The highest BCUT2D eigenvalue weighted by Crippen LogP contribution is 2.41. The lowest BCUT2D eigenvalue weighted by Gasteiger charge is -2.31. The van der Waals surface area contributed by atoms with Crippen LogP contribution in [0.4, 0.5) is 0 Å². The summed E-state index contributed by atoms with van der Waals surface area (Å²) in [6.45, 7) is 2.57. The van der Waals surface area contributed by atoms with Gasteiger partial charge in [-0.25, -0.2) is 8.42 Å². The standard InChI is InChI=1S/C23H30N4O4S/c1-15-3-5-16(6-4-15)21(17-7-8-17)25-23(29)18-9-11-27(12-10-18)32(30,31)19-13-20(22(24)28)26(2)14-19/h3-6,13-14,17-18,21H,7-12H2,1-2H3,(H2,24,28)(H,25,29). The van der Waals surface area contributed by atoms with Gasteiger partial charge in [-0.3, -0.25) is 9.59 Å². The minimum Gasteiger partial charge on any atom is -0.364 e. The van der Waals surface area contributed by atoms with Gasteiger partial charge in [0.1, 0.15) is 10.6 Å². The lowest BCUT2D eigenvalue weighted by atomic mass is 9.95. The second-order valence-corrected chi connectivity index (χ2v) is 10.9. The molecule has 1 aliphatic heterocycles. The SMILES string of the molecule is Cc1ccc(C(NC(=O)C2CCN(S(=O)(=O)c3cc(C(N)=O)n(C)c3)CC2)C2CC2)cc1. The smallest absolute Gasteiger partial charge is 0.265 e. The van der Waals surface area contributed by atoms with Crippen LogP contribution in [0.1, 0.15) is 53.3 Å². The maximum absolute atomic E-state index is 13.0. The van der Waals surface area contributed by atoms with Gasteiger partial charge in [-0.2, -0.15) is 4.31 Å². The number of carbonyl (C=O) groups is 2. The largest absolute Gasteiger partial charge is 0.364 e. The molecule has 3 N–H and O–H groups in total. The summed E-state index contributed by atoms with van der Waals surface area (Å²) in [5.41, 5.74) is 7.75. The van der Waals surface area contributed by atoms with E-state index in [1.165, 1.54) is 26.7 Å². The molecule has 2 aromatic rings. The molecule has 1 aromatic heterocycles. The van der Waals surface area contributed by atoms with Crippen LogP contribution in [-0.4, -0.2) is 42.2 Å². The van der Waals surface area contributed by atoms with Crippen molar-refractivity contribution in [3.05, 3.63) is 53.3 Å². The van der Waals surface area contributed by atoms with Crippen LogP contribution in [0.25, 0.3) is 0 Å². The average molecular weight is 459 g/mol. The predicted molar refractivity (Wildman–Crippen MR) is 120 cm³/mol. The van der Waals surface area contributed by atoms with Crippen LogP contribution in [-0.2, 0) is 21.9 Å². The highest BCUT2D eigenvalue weighted by Gasteiger charge is 2.37. The molecule has 1 unspecified atom stereocenters. The van der Waals surface area contributed by atoms with Crippen molar-refractivity contribution >= 4 is 21.8 Å². The molecule has 2 heterocycles. The summed E-state index contributed by atoms with van der Waals surface area (Å²) in [5.74, 6) is -0.428. The lowest BCUT2D eigenvalue weighted by molar-refractivity contribution is -0.127. The van der Waals surface area contributed by atoms with Gasteiger partial charge in [0, 0.05) is 32.3 Å². The summed E-state index contributed by atoms with van der Waals surface area (Å²) in [4.78, 5) is 24.5. The number of primary amides is 1. The minimum absolute atomic E-state index is 0.00440. The van der Waals surface area contributed by atoms with E-state index in [9.17, 15) is 18.0 Å². The molecular weight excluding hydrogens is 428 g/mol. The van der Waals surface area contributed by atoms with Crippen molar-refractivity contribution in [2.24, 2.45) is 24.6 Å². The Morgan fingerprint density at radius 2 is 1.72 bits per heavy atom. The highest BCUT2D eigenvalue weighted by molar-refractivity contribution is 7.89. The Hall–Kier alpha value is -2.65.